The molecule has 0 spiro atoms. The fourth-order valence-electron chi connectivity index (χ4n) is 2.24. The molecule has 0 aliphatic carbocycles. The first-order chi connectivity index (χ1) is 9.24. The van der Waals surface area contributed by atoms with Crippen molar-refractivity contribution in [1.29, 1.82) is 0 Å². The second kappa shape index (κ2) is 4.75. The molecule has 1 heterocycles. The Balaban J connectivity index is 2.30. The summed E-state index contributed by atoms with van der Waals surface area (Å²) in [6, 6.07) is 4.12. The second-order valence-corrected chi connectivity index (χ2v) is 5.44. The molecule has 1 aromatic rings. The molecule has 0 aromatic heterocycles. The van der Waals surface area contributed by atoms with E-state index in [1.807, 2.05) is 13.8 Å². The first-order valence-electron chi connectivity index (χ1n) is 6.30. The van der Waals surface area contributed by atoms with E-state index in [0.717, 1.165) is 0 Å². The van der Waals surface area contributed by atoms with Gasteiger partial charge in [-0.3, -0.25) is 14.9 Å². The summed E-state index contributed by atoms with van der Waals surface area (Å²) in [5.41, 5.74) is 4.62. The smallest absolute Gasteiger partial charge is 0.293 e. The molecule has 3 N–H and O–H groups in total. The Labute approximate surface area is 116 Å². The predicted molar refractivity (Wildman–Crippen MR) is 73.6 cm³/mol. The van der Waals surface area contributed by atoms with Crippen LogP contribution in [0.4, 0.5) is 11.4 Å². The fraction of sp³-hybridized carbons (Fsp3) is 0.462. The van der Waals surface area contributed by atoms with Gasteiger partial charge in [0, 0.05) is 24.7 Å². The minimum absolute atomic E-state index is 0.0719. The maximum absolute atomic E-state index is 11.1. The Bertz CT molecular complexity index is 565. The monoisotopic (exact) mass is 279 g/mol. The summed E-state index contributed by atoms with van der Waals surface area (Å²) in [6.07, 6.45) is 0. The van der Waals surface area contributed by atoms with Gasteiger partial charge in [-0.25, -0.2) is 0 Å². The number of primary amides is 1. The molecule has 0 bridgehead atoms. The second-order valence-electron chi connectivity index (χ2n) is 5.44. The van der Waals surface area contributed by atoms with Crippen molar-refractivity contribution in [3.63, 3.8) is 0 Å². The lowest BCUT2D eigenvalue weighted by atomic mass is 9.82. The molecular formula is C13H17N3O4. The highest BCUT2D eigenvalue weighted by molar-refractivity contribution is 5.94. The van der Waals surface area contributed by atoms with Gasteiger partial charge in [-0.2, -0.15) is 0 Å². The molecule has 1 saturated heterocycles. The Kier molecular flexibility index (Phi) is 3.39. The number of aliphatic hydroxyl groups is 1. The van der Waals surface area contributed by atoms with Crippen LogP contribution in [0.15, 0.2) is 18.2 Å². The van der Waals surface area contributed by atoms with Crippen LogP contribution in [0.5, 0.6) is 0 Å². The van der Waals surface area contributed by atoms with Crippen LogP contribution in [-0.4, -0.2) is 34.6 Å². The molecule has 1 fully saturated rings. The first kappa shape index (κ1) is 14.3. The zero-order chi connectivity index (χ0) is 15.1. The van der Waals surface area contributed by atoms with Crippen molar-refractivity contribution in [3.8, 4) is 0 Å². The Morgan fingerprint density at radius 1 is 1.50 bits per heavy atom. The summed E-state index contributed by atoms with van der Waals surface area (Å²) in [5, 5.41) is 21.3. The molecule has 0 unspecified atom stereocenters. The van der Waals surface area contributed by atoms with Gasteiger partial charge >= 0.3 is 0 Å². The molecule has 20 heavy (non-hydrogen) atoms. The van der Waals surface area contributed by atoms with Crippen molar-refractivity contribution in [1.82, 2.24) is 0 Å². The number of amides is 1. The fourth-order valence-corrected chi connectivity index (χ4v) is 2.24. The summed E-state index contributed by atoms with van der Waals surface area (Å²) < 4.78 is 0. The Morgan fingerprint density at radius 3 is 2.55 bits per heavy atom. The number of nitrogens with zero attached hydrogens (tertiary/aromatic N) is 2. The number of anilines is 1. The van der Waals surface area contributed by atoms with Crippen LogP contribution in [0, 0.1) is 16.0 Å². The van der Waals surface area contributed by atoms with E-state index in [1.165, 1.54) is 18.2 Å². The van der Waals surface area contributed by atoms with E-state index in [9.17, 15) is 20.0 Å². The van der Waals surface area contributed by atoms with Gasteiger partial charge in [0.1, 0.15) is 11.3 Å². The average Bonchev–Trinajstić information content (AvgIpc) is 2.33. The van der Waals surface area contributed by atoms with Crippen LogP contribution < -0.4 is 10.6 Å². The normalized spacial score (nSPS) is 16.9. The standard InChI is InChI=1S/C13H17N3O4/c1-8(2)13(18)6-15(7-13)10-4-3-9(12(14)17)5-11(10)16(19)20/h3-5,8,18H,6-7H2,1-2H3,(H2,14,17). The summed E-state index contributed by atoms with van der Waals surface area (Å²) in [6.45, 7) is 4.48. The number of hydrogen-bond donors (Lipinski definition) is 2. The van der Waals surface area contributed by atoms with Crippen LogP contribution in [0.25, 0.3) is 0 Å². The summed E-state index contributed by atoms with van der Waals surface area (Å²) in [7, 11) is 0. The number of nitro groups is 1. The molecule has 1 amide bonds. The number of hydrogen-bond acceptors (Lipinski definition) is 5. The third-order valence-corrected chi connectivity index (χ3v) is 3.80. The maximum Gasteiger partial charge on any atom is 0.293 e. The van der Waals surface area contributed by atoms with Gasteiger partial charge in [0.05, 0.1) is 4.92 Å². The van der Waals surface area contributed by atoms with E-state index in [0.29, 0.717) is 18.8 Å². The minimum Gasteiger partial charge on any atom is -0.386 e. The first-order valence-corrected chi connectivity index (χ1v) is 6.30. The van der Waals surface area contributed by atoms with Crippen molar-refractivity contribution in [2.24, 2.45) is 11.7 Å². The van der Waals surface area contributed by atoms with Crippen molar-refractivity contribution in [2.75, 3.05) is 18.0 Å². The number of nitro benzene ring substituents is 1. The lowest BCUT2D eigenvalue weighted by molar-refractivity contribution is -0.384. The topological polar surface area (TPSA) is 110 Å². The molecule has 7 heteroatoms. The van der Waals surface area contributed by atoms with Crippen LogP contribution in [0.1, 0.15) is 24.2 Å². The average molecular weight is 279 g/mol. The molecule has 0 radical (unpaired) electrons. The van der Waals surface area contributed by atoms with E-state index < -0.39 is 16.4 Å². The zero-order valence-corrected chi connectivity index (χ0v) is 11.4. The van der Waals surface area contributed by atoms with E-state index in [2.05, 4.69) is 0 Å². The lowest BCUT2D eigenvalue weighted by Crippen LogP contribution is -2.64. The number of carbonyl (C=O) groups excluding carboxylic acids is 1. The van der Waals surface area contributed by atoms with Crippen LogP contribution in [0.3, 0.4) is 0 Å². The summed E-state index contributed by atoms with van der Waals surface area (Å²) in [5.74, 6) is -0.635. The minimum atomic E-state index is -0.823. The quantitative estimate of drug-likeness (QED) is 0.628. The molecule has 0 atom stereocenters. The molecule has 1 aromatic carbocycles. The highest BCUT2D eigenvalue weighted by atomic mass is 16.6. The van der Waals surface area contributed by atoms with Gasteiger partial charge in [-0.1, -0.05) is 13.8 Å². The van der Waals surface area contributed by atoms with Gasteiger partial charge in [0.15, 0.2) is 0 Å². The highest BCUT2D eigenvalue weighted by Gasteiger charge is 2.45. The number of nitrogens with two attached hydrogens (primary N) is 1. The van der Waals surface area contributed by atoms with Crippen molar-refractivity contribution < 1.29 is 14.8 Å². The highest BCUT2D eigenvalue weighted by Crippen LogP contribution is 2.37. The van der Waals surface area contributed by atoms with E-state index in [4.69, 9.17) is 5.73 Å². The molecule has 7 nitrogen and oxygen atoms in total. The van der Waals surface area contributed by atoms with Crippen molar-refractivity contribution in [3.05, 3.63) is 33.9 Å². The molecule has 108 valence electrons. The zero-order valence-electron chi connectivity index (χ0n) is 11.4. The van der Waals surface area contributed by atoms with Gasteiger partial charge in [-0.15, -0.1) is 0 Å². The van der Waals surface area contributed by atoms with Crippen LogP contribution in [-0.2, 0) is 0 Å². The molecule has 2 rings (SSSR count). The van der Waals surface area contributed by atoms with E-state index in [-0.39, 0.29) is 17.2 Å². The number of β-amino-alcohol motifs (C(OH)–C–C–N with tert-alkyl or cyclic N) is 1. The third-order valence-electron chi connectivity index (χ3n) is 3.80. The molecule has 1 aliphatic heterocycles. The third kappa shape index (κ3) is 2.32. The Morgan fingerprint density at radius 2 is 2.10 bits per heavy atom. The van der Waals surface area contributed by atoms with Crippen LogP contribution >= 0.6 is 0 Å². The molecular weight excluding hydrogens is 262 g/mol. The summed E-state index contributed by atoms with van der Waals surface area (Å²) >= 11 is 0. The van der Waals surface area contributed by atoms with E-state index in [1.54, 1.807) is 4.90 Å². The number of carbonyl (C=O) groups is 1. The summed E-state index contributed by atoms with van der Waals surface area (Å²) in [4.78, 5) is 23.4. The lowest BCUT2D eigenvalue weighted by Gasteiger charge is -2.50. The Hall–Kier alpha value is -2.15. The molecule has 0 saturated carbocycles. The van der Waals surface area contributed by atoms with Gasteiger partial charge in [0.2, 0.25) is 5.91 Å². The maximum atomic E-state index is 11.1. The van der Waals surface area contributed by atoms with Gasteiger partial charge in [-0.05, 0) is 18.1 Å². The molecule has 1 aliphatic rings. The number of rotatable bonds is 4. The van der Waals surface area contributed by atoms with Gasteiger partial charge < -0.3 is 15.7 Å². The van der Waals surface area contributed by atoms with E-state index >= 15 is 0 Å². The number of benzene rings is 1. The van der Waals surface area contributed by atoms with Crippen LogP contribution in [0.2, 0.25) is 0 Å². The largest absolute Gasteiger partial charge is 0.386 e. The van der Waals surface area contributed by atoms with Crippen molar-refractivity contribution >= 4 is 17.3 Å². The predicted octanol–water partition coefficient (Wildman–Crippen LogP) is 0.901. The van der Waals surface area contributed by atoms with Gasteiger partial charge in [0.25, 0.3) is 5.69 Å². The van der Waals surface area contributed by atoms with Crippen molar-refractivity contribution in [2.45, 2.75) is 19.4 Å². The SMILES string of the molecule is CC(C)C1(O)CN(c2ccc(C(N)=O)cc2[N+](=O)[O-])C1.